The van der Waals surface area contributed by atoms with Crippen molar-refractivity contribution in [2.24, 2.45) is 5.92 Å². The van der Waals surface area contributed by atoms with Crippen LogP contribution < -0.4 is 0 Å². The lowest BCUT2D eigenvalue weighted by atomic mass is 9.97. The van der Waals surface area contributed by atoms with Crippen LogP contribution in [0.1, 0.15) is 73.6 Å². The first kappa shape index (κ1) is 23.7. The number of nitriles is 1. The summed E-state index contributed by atoms with van der Waals surface area (Å²) in [6.45, 7) is 12.7. The van der Waals surface area contributed by atoms with E-state index in [0.29, 0.717) is 5.57 Å². The molecule has 20 heavy (non-hydrogen) atoms. The molecule has 0 aliphatic rings. The summed E-state index contributed by atoms with van der Waals surface area (Å²) in [7, 11) is 0. The zero-order valence-corrected chi connectivity index (χ0v) is 14.4. The molecule has 0 unspecified atom stereocenters. The van der Waals surface area contributed by atoms with Crippen LogP contribution in [0.3, 0.4) is 0 Å². The standard InChI is InChI=1S/C9H20.C7H8N2.C2H6/c1-4-7-8-9(5-2)6-3;1-2-3-4-7(5-8)6-9;1-2/h9H,4-8H2,1-3H3;2-5,8H,1H3;1-2H3/b;3-2+,7-4-,8-5?;. The average molecular weight is 278 g/mol. The molecule has 0 atom stereocenters. The molecule has 0 aromatic rings. The third kappa shape index (κ3) is 19.0. The molecule has 0 aromatic carbocycles. The molecule has 0 heterocycles. The molecular weight excluding hydrogens is 244 g/mol. The van der Waals surface area contributed by atoms with Crippen LogP contribution in [0.15, 0.2) is 23.8 Å². The summed E-state index contributed by atoms with van der Waals surface area (Å²) in [5.74, 6) is 1.00. The Balaban J connectivity index is -0.000000257. The maximum atomic E-state index is 8.25. The monoisotopic (exact) mass is 278 g/mol. The summed E-state index contributed by atoms with van der Waals surface area (Å²) in [5, 5.41) is 14.9. The summed E-state index contributed by atoms with van der Waals surface area (Å²) in [4.78, 5) is 0. The molecule has 2 heteroatoms. The highest BCUT2D eigenvalue weighted by atomic mass is 14.3. The zero-order valence-electron chi connectivity index (χ0n) is 14.4. The number of allylic oxidation sites excluding steroid dienone is 4. The van der Waals surface area contributed by atoms with Crippen molar-refractivity contribution in [1.29, 1.82) is 10.7 Å². The van der Waals surface area contributed by atoms with E-state index in [2.05, 4.69) is 20.8 Å². The molecule has 0 spiro atoms. The first-order valence-corrected chi connectivity index (χ1v) is 7.93. The van der Waals surface area contributed by atoms with Gasteiger partial charge < -0.3 is 5.41 Å². The predicted octanol–water partition coefficient (Wildman–Crippen LogP) is 6.30. The molecule has 0 bridgehead atoms. The molecule has 0 fully saturated rings. The van der Waals surface area contributed by atoms with Crippen molar-refractivity contribution < 1.29 is 0 Å². The third-order valence-electron chi connectivity index (χ3n) is 2.87. The molecule has 0 aliphatic carbocycles. The lowest BCUT2D eigenvalue weighted by Gasteiger charge is -2.09. The average Bonchev–Trinajstić information content (AvgIpc) is 2.52. The lowest BCUT2D eigenvalue weighted by molar-refractivity contribution is 0.438. The number of hydrogen-bond donors (Lipinski definition) is 1. The van der Waals surface area contributed by atoms with Gasteiger partial charge in [0, 0.05) is 6.21 Å². The van der Waals surface area contributed by atoms with Crippen molar-refractivity contribution in [2.45, 2.75) is 73.6 Å². The van der Waals surface area contributed by atoms with E-state index in [-0.39, 0.29) is 0 Å². The number of nitrogens with one attached hydrogen (secondary N) is 1. The fourth-order valence-electron chi connectivity index (χ4n) is 1.51. The summed E-state index contributed by atoms with van der Waals surface area (Å²) < 4.78 is 0. The molecule has 0 saturated carbocycles. The highest BCUT2D eigenvalue weighted by molar-refractivity contribution is 5.81. The Hall–Kier alpha value is -1.36. The van der Waals surface area contributed by atoms with E-state index >= 15 is 0 Å². The van der Waals surface area contributed by atoms with Crippen LogP contribution in [0, 0.1) is 22.7 Å². The van der Waals surface area contributed by atoms with Crippen molar-refractivity contribution in [3.8, 4) is 6.07 Å². The van der Waals surface area contributed by atoms with E-state index in [1.807, 2.05) is 26.8 Å². The van der Waals surface area contributed by atoms with Crippen molar-refractivity contribution in [3.05, 3.63) is 23.8 Å². The van der Waals surface area contributed by atoms with Gasteiger partial charge >= 0.3 is 0 Å². The topological polar surface area (TPSA) is 47.6 Å². The van der Waals surface area contributed by atoms with Gasteiger partial charge in [-0.25, -0.2) is 0 Å². The minimum atomic E-state index is 0.369. The highest BCUT2D eigenvalue weighted by Gasteiger charge is 2.00. The van der Waals surface area contributed by atoms with Gasteiger partial charge in [-0.1, -0.05) is 78.9 Å². The molecule has 0 aromatic heterocycles. The van der Waals surface area contributed by atoms with E-state index in [9.17, 15) is 0 Å². The van der Waals surface area contributed by atoms with Gasteiger partial charge in [0.1, 0.15) is 6.07 Å². The van der Waals surface area contributed by atoms with Gasteiger partial charge in [0.25, 0.3) is 0 Å². The Kier molecular flexibility index (Phi) is 27.0. The zero-order chi connectivity index (χ0) is 16.2. The first-order valence-electron chi connectivity index (χ1n) is 7.93. The highest BCUT2D eigenvalue weighted by Crippen LogP contribution is 2.15. The summed E-state index contributed by atoms with van der Waals surface area (Å²) in [5.41, 5.74) is 0.369. The fourth-order valence-corrected chi connectivity index (χ4v) is 1.51. The number of unbranched alkanes of at least 4 members (excludes halogenated alkanes) is 1. The van der Waals surface area contributed by atoms with Crippen LogP contribution in [0.5, 0.6) is 0 Å². The fraction of sp³-hybridized carbons (Fsp3) is 0.667. The molecule has 2 nitrogen and oxygen atoms in total. The van der Waals surface area contributed by atoms with Gasteiger partial charge in [-0.2, -0.15) is 5.26 Å². The van der Waals surface area contributed by atoms with Crippen LogP contribution in [0.25, 0.3) is 0 Å². The second-order valence-corrected chi connectivity index (χ2v) is 4.23. The summed E-state index contributed by atoms with van der Waals surface area (Å²) >= 11 is 0. The molecule has 1 N–H and O–H groups in total. The molecular formula is C18H34N2. The molecule has 116 valence electrons. The van der Waals surface area contributed by atoms with Crippen molar-refractivity contribution in [2.75, 3.05) is 0 Å². The van der Waals surface area contributed by atoms with Crippen LogP contribution in [-0.2, 0) is 0 Å². The number of rotatable bonds is 7. The van der Waals surface area contributed by atoms with E-state index in [1.54, 1.807) is 18.2 Å². The van der Waals surface area contributed by atoms with E-state index in [0.717, 1.165) is 12.1 Å². The van der Waals surface area contributed by atoms with Gasteiger partial charge in [-0.15, -0.1) is 0 Å². The van der Waals surface area contributed by atoms with Crippen LogP contribution in [0.4, 0.5) is 0 Å². The summed E-state index contributed by atoms with van der Waals surface area (Å²) in [6.07, 6.45) is 13.1. The van der Waals surface area contributed by atoms with E-state index < -0.39 is 0 Å². The Morgan fingerprint density at radius 3 is 2.05 bits per heavy atom. The second-order valence-electron chi connectivity index (χ2n) is 4.23. The van der Waals surface area contributed by atoms with Gasteiger partial charge in [0.15, 0.2) is 0 Å². The molecule has 0 saturated heterocycles. The van der Waals surface area contributed by atoms with Crippen LogP contribution >= 0.6 is 0 Å². The Bertz CT molecular complexity index is 278. The Morgan fingerprint density at radius 1 is 1.20 bits per heavy atom. The van der Waals surface area contributed by atoms with Gasteiger partial charge in [0.2, 0.25) is 0 Å². The van der Waals surface area contributed by atoms with Crippen molar-refractivity contribution >= 4 is 6.21 Å². The van der Waals surface area contributed by atoms with Gasteiger partial charge in [-0.3, -0.25) is 0 Å². The van der Waals surface area contributed by atoms with E-state index in [4.69, 9.17) is 10.7 Å². The lowest BCUT2D eigenvalue weighted by Crippen LogP contribution is -1.95. The largest absolute Gasteiger partial charge is 0.307 e. The molecule has 0 aliphatic heterocycles. The number of hydrogen-bond acceptors (Lipinski definition) is 2. The van der Waals surface area contributed by atoms with Crippen LogP contribution in [-0.4, -0.2) is 6.21 Å². The predicted molar refractivity (Wildman–Crippen MR) is 92.2 cm³/mol. The van der Waals surface area contributed by atoms with Crippen molar-refractivity contribution in [1.82, 2.24) is 0 Å². The molecule has 0 rings (SSSR count). The van der Waals surface area contributed by atoms with Crippen LogP contribution in [0.2, 0.25) is 0 Å². The van der Waals surface area contributed by atoms with Crippen molar-refractivity contribution in [3.63, 3.8) is 0 Å². The van der Waals surface area contributed by atoms with Gasteiger partial charge in [0.05, 0.1) is 5.57 Å². The maximum absolute atomic E-state index is 8.25. The maximum Gasteiger partial charge on any atom is 0.101 e. The summed E-state index contributed by atoms with van der Waals surface area (Å²) in [6, 6.07) is 1.85. The first-order chi connectivity index (χ1) is 9.69. The smallest absolute Gasteiger partial charge is 0.101 e. The van der Waals surface area contributed by atoms with E-state index in [1.165, 1.54) is 32.1 Å². The Morgan fingerprint density at radius 2 is 1.75 bits per heavy atom. The second kappa shape index (κ2) is 22.8. The normalized spacial score (nSPS) is 10.2. The molecule has 0 amide bonds. The quantitative estimate of drug-likeness (QED) is 0.331. The molecule has 0 radical (unpaired) electrons. The Labute approximate surface area is 127 Å². The third-order valence-corrected chi connectivity index (χ3v) is 2.87. The number of nitrogens with zero attached hydrogens (tertiary/aromatic N) is 1. The SMILES string of the molecule is C/C=C/C=C(\C#N)C=N.CC.CCCCC(CC)CC. The minimum absolute atomic E-state index is 0.369. The minimum Gasteiger partial charge on any atom is -0.307 e. The van der Waals surface area contributed by atoms with Gasteiger partial charge in [-0.05, 0) is 18.9 Å².